The van der Waals surface area contributed by atoms with Crippen LogP contribution in [0.1, 0.15) is 52.0 Å². The van der Waals surface area contributed by atoms with Crippen LogP contribution in [-0.2, 0) is 16.1 Å². The number of carbonyl (C=O) groups excluding carboxylic acids is 2. The molecular weight excluding hydrogens is 399 g/mol. The molecule has 1 atom stereocenters. The fraction of sp³-hybridized carbons (Fsp3) is 0.619. The highest BCUT2D eigenvalue weighted by Gasteiger charge is 2.38. The molecule has 2 fully saturated rings. The molecule has 0 aromatic heterocycles. The molecule has 5 nitrogen and oxygen atoms in total. The highest BCUT2D eigenvalue weighted by molar-refractivity contribution is 6.42. The zero-order chi connectivity index (χ0) is 20.5. The van der Waals surface area contributed by atoms with Crippen LogP contribution in [-0.4, -0.2) is 46.5 Å². The molecule has 3 rings (SSSR count). The molecule has 0 N–H and O–H groups in total. The van der Waals surface area contributed by atoms with Gasteiger partial charge in [-0.15, -0.1) is 0 Å². The Balaban J connectivity index is 1.67. The minimum atomic E-state index is -0.540. The van der Waals surface area contributed by atoms with Gasteiger partial charge < -0.3 is 14.5 Å². The van der Waals surface area contributed by atoms with Crippen LogP contribution < -0.4 is 0 Å². The average molecular weight is 427 g/mol. The van der Waals surface area contributed by atoms with Gasteiger partial charge in [0.25, 0.3) is 0 Å². The first-order valence-electron chi connectivity index (χ1n) is 9.86. The number of piperidine rings is 1. The van der Waals surface area contributed by atoms with Crippen molar-refractivity contribution in [3.05, 3.63) is 33.8 Å². The lowest BCUT2D eigenvalue weighted by atomic mass is 9.96. The lowest BCUT2D eigenvalue weighted by molar-refractivity contribution is -0.138. The van der Waals surface area contributed by atoms with Gasteiger partial charge in [-0.2, -0.15) is 0 Å². The van der Waals surface area contributed by atoms with Crippen LogP contribution >= 0.6 is 23.2 Å². The van der Waals surface area contributed by atoms with E-state index in [-0.39, 0.29) is 24.0 Å². The number of hydrogen-bond acceptors (Lipinski definition) is 3. The third-order valence-corrected chi connectivity index (χ3v) is 5.77. The maximum Gasteiger partial charge on any atom is 0.410 e. The van der Waals surface area contributed by atoms with E-state index < -0.39 is 5.60 Å². The van der Waals surface area contributed by atoms with Crippen LogP contribution in [0.4, 0.5) is 4.79 Å². The first-order valence-corrected chi connectivity index (χ1v) is 10.6. The molecule has 1 aliphatic carbocycles. The number of halogens is 2. The Hall–Kier alpha value is -1.46. The Morgan fingerprint density at radius 2 is 1.89 bits per heavy atom. The maximum atomic E-state index is 13.3. The molecule has 1 aromatic rings. The summed E-state index contributed by atoms with van der Waals surface area (Å²) < 4.78 is 5.48. The van der Waals surface area contributed by atoms with Crippen molar-refractivity contribution in [3.8, 4) is 0 Å². The second-order valence-electron chi connectivity index (χ2n) is 8.71. The summed E-state index contributed by atoms with van der Waals surface area (Å²) in [4.78, 5) is 29.3. The summed E-state index contributed by atoms with van der Waals surface area (Å²) in [5, 5.41) is 1.01. The minimum Gasteiger partial charge on any atom is -0.444 e. The first-order chi connectivity index (χ1) is 13.1. The number of hydrogen-bond donors (Lipinski definition) is 0. The van der Waals surface area contributed by atoms with Crippen LogP contribution in [0.2, 0.25) is 10.0 Å². The number of carbonyl (C=O) groups is 2. The van der Waals surface area contributed by atoms with E-state index in [1.807, 2.05) is 37.8 Å². The summed E-state index contributed by atoms with van der Waals surface area (Å²) >= 11 is 12.1. The molecule has 2 amide bonds. The number of amides is 2. The molecule has 1 heterocycles. The van der Waals surface area contributed by atoms with Crippen molar-refractivity contribution in [2.24, 2.45) is 5.92 Å². The van der Waals surface area contributed by atoms with Crippen molar-refractivity contribution in [1.29, 1.82) is 0 Å². The fourth-order valence-corrected chi connectivity index (χ4v) is 3.83. The van der Waals surface area contributed by atoms with Crippen molar-refractivity contribution in [2.45, 2.75) is 64.6 Å². The molecule has 1 aliphatic heterocycles. The average Bonchev–Trinajstić information content (AvgIpc) is 3.46. The number of likely N-dealkylation sites (tertiary alicyclic amines) is 1. The zero-order valence-corrected chi connectivity index (χ0v) is 18.2. The number of ether oxygens (including phenoxy) is 1. The van der Waals surface area contributed by atoms with Gasteiger partial charge in [0.15, 0.2) is 0 Å². The molecule has 0 unspecified atom stereocenters. The first kappa shape index (κ1) is 21.3. The van der Waals surface area contributed by atoms with Crippen molar-refractivity contribution in [3.63, 3.8) is 0 Å². The monoisotopic (exact) mass is 426 g/mol. The summed E-state index contributed by atoms with van der Waals surface area (Å²) in [5.74, 6) is -0.0773. The smallest absolute Gasteiger partial charge is 0.410 e. The Bertz CT molecular complexity index is 744. The molecule has 0 bridgehead atoms. The van der Waals surface area contributed by atoms with E-state index in [0.717, 1.165) is 31.2 Å². The molecule has 28 heavy (non-hydrogen) atoms. The number of rotatable bonds is 4. The largest absolute Gasteiger partial charge is 0.444 e. The van der Waals surface area contributed by atoms with E-state index in [1.54, 1.807) is 11.0 Å². The van der Waals surface area contributed by atoms with E-state index >= 15 is 0 Å². The summed E-state index contributed by atoms with van der Waals surface area (Å²) in [5.41, 5.74) is 0.427. The topological polar surface area (TPSA) is 49.9 Å². The molecule has 1 saturated heterocycles. The Labute approximate surface area is 176 Å². The summed E-state index contributed by atoms with van der Waals surface area (Å²) in [7, 11) is 0. The summed E-state index contributed by atoms with van der Waals surface area (Å²) in [6.07, 6.45) is 3.31. The highest BCUT2D eigenvalue weighted by atomic mass is 35.5. The zero-order valence-electron chi connectivity index (χ0n) is 16.7. The highest BCUT2D eigenvalue weighted by Crippen LogP contribution is 2.33. The second-order valence-corrected chi connectivity index (χ2v) is 9.53. The lowest BCUT2D eigenvalue weighted by Crippen LogP contribution is -2.48. The quantitative estimate of drug-likeness (QED) is 0.669. The van der Waals surface area contributed by atoms with Gasteiger partial charge in [-0.3, -0.25) is 4.79 Å². The maximum absolute atomic E-state index is 13.3. The van der Waals surface area contributed by atoms with Crippen molar-refractivity contribution >= 4 is 35.2 Å². The van der Waals surface area contributed by atoms with E-state index in [9.17, 15) is 9.59 Å². The van der Waals surface area contributed by atoms with E-state index in [4.69, 9.17) is 27.9 Å². The van der Waals surface area contributed by atoms with Crippen LogP contribution in [0.15, 0.2) is 18.2 Å². The van der Waals surface area contributed by atoms with Crippen molar-refractivity contribution < 1.29 is 14.3 Å². The summed E-state index contributed by atoms with van der Waals surface area (Å²) in [6, 6.07) is 5.77. The van der Waals surface area contributed by atoms with E-state index in [2.05, 4.69) is 0 Å². The van der Waals surface area contributed by atoms with Gasteiger partial charge in [-0.1, -0.05) is 29.3 Å². The molecule has 2 aliphatic rings. The fourth-order valence-electron chi connectivity index (χ4n) is 3.51. The Morgan fingerprint density at radius 1 is 1.18 bits per heavy atom. The van der Waals surface area contributed by atoms with Gasteiger partial charge in [-0.05, 0) is 64.2 Å². The predicted octanol–water partition coefficient (Wildman–Crippen LogP) is 5.13. The molecule has 154 valence electrons. The number of benzene rings is 1. The molecule has 0 radical (unpaired) electrons. The molecule has 1 saturated carbocycles. The molecule has 7 heteroatoms. The van der Waals surface area contributed by atoms with E-state index in [0.29, 0.717) is 29.7 Å². The van der Waals surface area contributed by atoms with Gasteiger partial charge >= 0.3 is 6.09 Å². The molecule has 1 aromatic carbocycles. The van der Waals surface area contributed by atoms with Crippen molar-refractivity contribution in [1.82, 2.24) is 9.80 Å². The van der Waals surface area contributed by atoms with Gasteiger partial charge in [0.2, 0.25) is 5.91 Å². The minimum absolute atomic E-state index is 0.113. The second kappa shape index (κ2) is 8.50. The third-order valence-electron chi connectivity index (χ3n) is 5.03. The molecule has 0 spiro atoms. The van der Waals surface area contributed by atoms with Crippen LogP contribution in [0.5, 0.6) is 0 Å². The van der Waals surface area contributed by atoms with Gasteiger partial charge in [0, 0.05) is 25.7 Å². The van der Waals surface area contributed by atoms with Gasteiger partial charge in [0.1, 0.15) is 5.60 Å². The van der Waals surface area contributed by atoms with Gasteiger partial charge in [-0.25, -0.2) is 4.79 Å². The van der Waals surface area contributed by atoms with E-state index in [1.165, 1.54) is 0 Å². The Kier molecular flexibility index (Phi) is 6.45. The number of nitrogens with zero attached hydrogens (tertiary/aromatic N) is 2. The molecular formula is C21H28Cl2N2O3. The van der Waals surface area contributed by atoms with Crippen molar-refractivity contribution in [2.75, 3.05) is 13.1 Å². The SMILES string of the molecule is CC(C)(C)OC(=O)N1CCC[C@H](C(=O)N(Cc2ccc(Cl)c(Cl)c2)C2CC2)C1. The summed E-state index contributed by atoms with van der Waals surface area (Å²) in [6.45, 7) is 7.12. The normalized spacial score (nSPS) is 20.0. The van der Waals surface area contributed by atoms with Gasteiger partial charge in [0.05, 0.1) is 16.0 Å². The predicted molar refractivity (Wildman–Crippen MR) is 111 cm³/mol. The van der Waals surface area contributed by atoms with Crippen LogP contribution in [0, 0.1) is 5.92 Å². The van der Waals surface area contributed by atoms with Crippen LogP contribution in [0.3, 0.4) is 0 Å². The Morgan fingerprint density at radius 3 is 2.50 bits per heavy atom. The lowest BCUT2D eigenvalue weighted by Gasteiger charge is -2.36. The third kappa shape index (κ3) is 5.54. The van der Waals surface area contributed by atoms with Crippen LogP contribution in [0.25, 0.3) is 0 Å². The standard InChI is InChI=1S/C21H28Cl2N2O3/c1-21(2,3)28-20(27)24-10-4-5-15(13-24)19(26)25(16-7-8-16)12-14-6-9-17(22)18(23)11-14/h6,9,11,15-16H,4-5,7-8,10,12-13H2,1-3H3/t15-/m0/s1.